The van der Waals surface area contributed by atoms with Gasteiger partial charge < -0.3 is 10.8 Å². The van der Waals surface area contributed by atoms with E-state index >= 15 is 0 Å². The lowest BCUT2D eigenvalue weighted by atomic mass is 9.75. The van der Waals surface area contributed by atoms with Crippen LogP contribution in [0.4, 0.5) is 0 Å². The molecule has 1 heterocycles. The second-order valence-electron chi connectivity index (χ2n) is 4.26. The largest absolute Gasteiger partial charge is 0.396 e. The summed E-state index contributed by atoms with van der Waals surface area (Å²) in [5.74, 6) is 0.383. The van der Waals surface area contributed by atoms with Crippen molar-refractivity contribution < 1.29 is 5.11 Å². The fourth-order valence-corrected chi connectivity index (χ4v) is 3.25. The van der Waals surface area contributed by atoms with Crippen molar-refractivity contribution in [2.75, 3.05) is 13.2 Å². The molecule has 0 radical (unpaired) electrons. The molecule has 1 atom stereocenters. The van der Waals surface area contributed by atoms with Crippen molar-refractivity contribution in [3.8, 4) is 0 Å². The van der Waals surface area contributed by atoms with E-state index in [0.717, 1.165) is 10.2 Å². The fourth-order valence-electron chi connectivity index (χ4n) is 1.61. The Balaban J connectivity index is 2.83. The van der Waals surface area contributed by atoms with Crippen molar-refractivity contribution in [3.63, 3.8) is 0 Å². The highest BCUT2D eigenvalue weighted by Crippen LogP contribution is 2.34. The van der Waals surface area contributed by atoms with Gasteiger partial charge in [-0.15, -0.1) is 11.3 Å². The summed E-state index contributed by atoms with van der Waals surface area (Å²) < 4.78 is 1.13. The molecule has 3 N–H and O–H groups in total. The van der Waals surface area contributed by atoms with Crippen molar-refractivity contribution >= 4 is 27.3 Å². The average molecular weight is 292 g/mol. The molecular formula is C11H18BrNOS. The first-order chi connectivity index (χ1) is 7.04. The molecule has 1 rings (SSSR count). The highest BCUT2D eigenvalue weighted by Gasteiger charge is 2.32. The molecule has 1 aromatic rings. The van der Waals surface area contributed by atoms with Gasteiger partial charge in [0, 0.05) is 16.8 Å². The van der Waals surface area contributed by atoms with Gasteiger partial charge in [0.25, 0.3) is 0 Å². The molecule has 0 aliphatic heterocycles. The lowest BCUT2D eigenvalue weighted by Gasteiger charge is -2.34. The molecule has 2 nitrogen and oxygen atoms in total. The van der Waals surface area contributed by atoms with Gasteiger partial charge in [0.2, 0.25) is 0 Å². The van der Waals surface area contributed by atoms with Gasteiger partial charge in [0.15, 0.2) is 0 Å². The van der Waals surface area contributed by atoms with Gasteiger partial charge in [-0.05, 0) is 40.4 Å². The van der Waals surface area contributed by atoms with Crippen LogP contribution in [0.15, 0.2) is 15.9 Å². The van der Waals surface area contributed by atoms with Crippen molar-refractivity contribution in [1.29, 1.82) is 0 Å². The number of hydrogen-bond donors (Lipinski definition) is 2. The first kappa shape index (κ1) is 13.2. The van der Waals surface area contributed by atoms with E-state index < -0.39 is 0 Å². The van der Waals surface area contributed by atoms with Crippen molar-refractivity contribution in [2.45, 2.75) is 20.3 Å². The zero-order chi connectivity index (χ0) is 11.5. The summed E-state index contributed by atoms with van der Waals surface area (Å²) in [4.78, 5) is 1.27. The fraction of sp³-hybridized carbons (Fsp3) is 0.636. The van der Waals surface area contributed by atoms with E-state index in [1.165, 1.54) is 4.88 Å². The van der Waals surface area contributed by atoms with Gasteiger partial charge >= 0.3 is 0 Å². The molecule has 15 heavy (non-hydrogen) atoms. The number of nitrogens with two attached hydrogens (primary N) is 1. The standard InChI is InChI=1S/C11H18BrNOS/c1-8(2)11(6-13,7-14)5-9-3-4-10(12)15-9/h3-4,8,14H,5-7,13H2,1-2H3. The molecule has 0 aliphatic rings. The van der Waals surface area contributed by atoms with E-state index in [1.807, 2.05) is 6.07 Å². The zero-order valence-electron chi connectivity index (χ0n) is 9.16. The summed E-state index contributed by atoms with van der Waals surface area (Å²) in [7, 11) is 0. The molecule has 0 spiro atoms. The molecular weight excluding hydrogens is 274 g/mol. The molecule has 86 valence electrons. The number of thiophene rings is 1. The summed E-state index contributed by atoms with van der Waals surface area (Å²) in [5, 5.41) is 9.53. The first-order valence-electron chi connectivity index (χ1n) is 5.09. The Kier molecular flexibility index (Phi) is 4.77. The Labute approximate surface area is 104 Å². The normalized spacial score (nSPS) is 15.6. The van der Waals surface area contributed by atoms with Crippen LogP contribution in [0.1, 0.15) is 18.7 Å². The molecule has 0 saturated carbocycles. The molecule has 0 amide bonds. The number of aliphatic hydroxyl groups is 1. The van der Waals surface area contributed by atoms with Crippen molar-refractivity contribution in [2.24, 2.45) is 17.1 Å². The van der Waals surface area contributed by atoms with Crippen molar-refractivity contribution in [3.05, 3.63) is 20.8 Å². The minimum atomic E-state index is -0.176. The summed E-state index contributed by atoms with van der Waals surface area (Å²) in [6.07, 6.45) is 0.855. The number of halogens is 1. The Bertz CT molecular complexity index is 307. The van der Waals surface area contributed by atoms with Crippen LogP contribution in [0.5, 0.6) is 0 Å². The van der Waals surface area contributed by atoms with Gasteiger partial charge in [-0.2, -0.15) is 0 Å². The lowest BCUT2D eigenvalue weighted by Crippen LogP contribution is -2.41. The predicted molar refractivity (Wildman–Crippen MR) is 69.1 cm³/mol. The highest BCUT2D eigenvalue weighted by atomic mass is 79.9. The van der Waals surface area contributed by atoms with E-state index in [0.29, 0.717) is 12.5 Å². The van der Waals surface area contributed by atoms with E-state index in [-0.39, 0.29) is 12.0 Å². The second-order valence-corrected chi connectivity index (χ2v) is 6.81. The monoisotopic (exact) mass is 291 g/mol. The molecule has 0 saturated heterocycles. The van der Waals surface area contributed by atoms with Crippen LogP contribution in [0, 0.1) is 11.3 Å². The molecule has 1 aromatic heterocycles. The summed E-state index contributed by atoms with van der Waals surface area (Å²) >= 11 is 5.16. The van der Waals surface area contributed by atoms with E-state index in [4.69, 9.17) is 5.73 Å². The molecule has 4 heteroatoms. The Morgan fingerprint density at radius 3 is 2.53 bits per heavy atom. The third kappa shape index (κ3) is 3.03. The highest BCUT2D eigenvalue weighted by molar-refractivity contribution is 9.11. The van der Waals surface area contributed by atoms with Crippen LogP contribution in [0.3, 0.4) is 0 Å². The minimum absolute atomic E-state index is 0.149. The van der Waals surface area contributed by atoms with Crippen LogP contribution >= 0.6 is 27.3 Å². The molecule has 0 aliphatic carbocycles. The summed E-state index contributed by atoms with van der Waals surface area (Å²) in [6, 6.07) is 4.14. The quantitative estimate of drug-likeness (QED) is 0.876. The Morgan fingerprint density at radius 1 is 1.53 bits per heavy atom. The van der Waals surface area contributed by atoms with Gasteiger partial charge in [0.1, 0.15) is 0 Å². The summed E-state index contributed by atoms with van der Waals surface area (Å²) in [6.45, 7) is 4.91. The Hall–Kier alpha value is 0.1000. The van der Waals surface area contributed by atoms with E-state index in [1.54, 1.807) is 11.3 Å². The predicted octanol–water partition coefficient (Wildman–Crippen LogP) is 2.65. The van der Waals surface area contributed by atoms with Crippen LogP contribution in [0.25, 0.3) is 0 Å². The maximum atomic E-state index is 9.53. The van der Waals surface area contributed by atoms with Crippen LogP contribution in [-0.4, -0.2) is 18.3 Å². The maximum Gasteiger partial charge on any atom is 0.0701 e. The average Bonchev–Trinajstić information content (AvgIpc) is 2.60. The third-order valence-electron chi connectivity index (χ3n) is 3.10. The zero-order valence-corrected chi connectivity index (χ0v) is 11.6. The SMILES string of the molecule is CC(C)C(CN)(CO)Cc1ccc(Br)s1. The van der Waals surface area contributed by atoms with Gasteiger partial charge in [0.05, 0.1) is 10.4 Å². The molecule has 0 aromatic carbocycles. The number of aliphatic hydroxyl groups excluding tert-OH is 1. The van der Waals surface area contributed by atoms with E-state index in [2.05, 4.69) is 35.8 Å². The van der Waals surface area contributed by atoms with Gasteiger partial charge in [-0.1, -0.05) is 13.8 Å². The van der Waals surface area contributed by atoms with E-state index in [9.17, 15) is 5.11 Å². The molecule has 0 fully saturated rings. The van der Waals surface area contributed by atoms with Crippen LogP contribution in [0.2, 0.25) is 0 Å². The maximum absolute atomic E-state index is 9.53. The molecule has 1 unspecified atom stereocenters. The second kappa shape index (κ2) is 5.43. The smallest absolute Gasteiger partial charge is 0.0701 e. The Morgan fingerprint density at radius 2 is 2.20 bits per heavy atom. The topological polar surface area (TPSA) is 46.2 Å². The third-order valence-corrected chi connectivity index (χ3v) is 4.72. The lowest BCUT2D eigenvalue weighted by molar-refractivity contribution is 0.0851. The first-order valence-corrected chi connectivity index (χ1v) is 6.70. The number of rotatable bonds is 5. The summed E-state index contributed by atoms with van der Waals surface area (Å²) in [5.41, 5.74) is 5.63. The van der Waals surface area contributed by atoms with Crippen molar-refractivity contribution in [1.82, 2.24) is 0 Å². The van der Waals surface area contributed by atoms with Crippen LogP contribution in [-0.2, 0) is 6.42 Å². The van der Waals surface area contributed by atoms with Crippen LogP contribution < -0.4 is 5.73 Å². The number of hydrogen-bond acceptors (Lipinski definition) is 3. The van der Waals surface area contributed by atoms with Gasteiger partial charge in [-0.25, -0.2) is 0 Å². The minimum Gasteiger partial charge on any atom is -0.396 e. The molecule has 0 bridgehead atoms. The van der Waals surface area contributed by atoms with Gasteiger partial charge in [-0.3, -0.25) is 0 Å².